The van der Waals surface area contributed by atoms with Crippen molar-refractivity contribution in [1.29, 1.82) is 0 Å². The van der Waals surface area contributed by atoms with Crippen molar-refractivity contribution in [1.82, 2.24) is 0 Å². The molecule has 0 saturated carbocycles. The molecule has 5 heteroatoms. The van der Waals surface area contributed by atoms with Crippen molar-refractivity contribution in [3.63, 3.8) is 0 Å². The average molecular weight is 251 g/mol. The van der Waals surface area contributed by atoms with Gasteiger partial charge < -0.3 is 15.6 Å². The van der Waals surface area contributed by atoms with E-state index in [4.69, 9.17) is 15.6 Å². The SMILES string of the molecule is CC(C)(C)OC(=O)C(N)c1ccc(C(=O)O)cc1. The number of carbonyl (C=O) groups is 2. The van der Waals surface area contributed by atoms with Crippen LogP contribution in [-0.2, 0) is 9.53 Å². The Morgan fingerprint density at radius 3 is 2.11 bits per heavy atom. The van der Waals surface area contributed by atoms with Crippen molar-refractivity contribution in [2.24, 2.45) is 5.73 Å². The van der Waals surface area contributed by atoms with Gasteiger partial charge in [-0.25, -0.2) is 9.59 Å². The van der Waals surface area contributed by atoms with Crippen molar-refractivity contribution in [3.05, 3.63) is 35.4 Å². The van der Waals surface area contributed by atoms with Crippen molar-refractivity contribution in [2.45, 2.75) is 32.4 Å². The molecule has 1 rings (SSSR count). The zero-order valence-corrected chi connectivity index (χ0v) is 10.6. The molecule has 1 aromatic carbocycles. The molecular formula is C13H17NO4. The molecule has 5 nitrogen and oxygen atoms in total. The molecule has 1 unspecified atom stereocenters. The third-order valence-corrected chi connectivity index (χ3v) is 2.18. The number of ether oxygens (including phenoxy) is 1. The average Bonchev–Trinajstić information content (AvgIpc) is 2.26. The molecule has 0 aliphatic carbocycles. The summed E-state index contributed by atoms with van der Waals surface area (Å²) in [6.45, 7) is 5.27. The fraction of sp³-hybridized carbons (Fsp3) is 0.385. The van der Waals surface area contributed by atoms with Crippen LogP contribution < -0.4 is 5.73 Å². The van der Waals surface area contributed by atoms with Crippen LogP contribution in [0.15, 0.2) is 24.3 Å². The van der Waals surface area contributed by atoms with E-state index >= 15 is 0 Å². The van der Waals surface area contributed by atoms with Crippen LogP contribution in [0, 0.1) is 0 Å². The lowest BCUT2D eigenvalue weighted by molar-refractivity contribution is -0.156. The van der Waals surface area contributed by atoms with E-state index in [-0.39, 0.29) is 5.56 Å². The topological polar surface area (TPSA) is 89.6 Å². The number of benzene rings is 1. The number of carbonyl (C=O) groups excluding carboxylic acids is 1. The fourth-order valence-corrected chi connectivity index (χ4v) is 1.33. The molecule has 0 aromatic heterocycles. The molecule has 0 aliphatic heterocycles. The minimum absolute atomic E-state index is 0.148. The van der Waals surface area contributed by atoms with Gasteiger partial charge in [0.25, 0.3) is 0 Å². The number of carboxylic acids is 1. The molecule has 18 heavy (non-hydrogen) atoms. The minimum Gasteiger partial charge on any atom is -0.478 e. The minimum atomic E-state index is -1.02. The zero-order chi connectivity index (χ0) is 13.9. The van der Waals surface area contributed by atoms with Crippen LogP contribution in [0.3, 0.4) is 0 Å². The van der Waals surface area contributed by atoms with Gasteiger partial charge in [-0.2, -0.15) is 0 Å². The standard InChI is InChI=1S/C13H17NO4/c1-13(2,3)18-12(17)10(14)8-4-6-9(7-5-8)11(15)16/h4-7,10H,14H2,1-3H3,(H,15,16). The lowest BCUT2D eigenvalue weighted by Gasteiger charge is -2.22. The Morgan fingerprint density at radius 2 is 1.72 bits per heavy atom. The highest BCUT2D eigenvalue weighted by molar-refractivity contribution is 5.87. The molecule has 1 atom stereocenters. The number of carboxylic acid groups (broad SMARTS) is 1. The summed E-state index contributed by atoms with van der Waals surface area (Å²) < 4.78 is 5.15. The predicted molar refractivity (Wildman–Crippen MR) is 66.2 cm³/mol. The molecule has 0 heterocycles. The summed E-state index contributed by atoms with van der Waals surface area (Å²) in [6, 6.07) is 4.92. The van der Waals surface area contributed by atoms with Crippen molar-refractivity contribution in [3.8, 4) is 0 Å². The first-order valence-corrected chi connectivity index (χ1v) is 5.52. The molecule has 3 N–H and O–H groups in total. The number of esters is 1. The summed E-state index contributed by atoms with van der Waals surface area (Å²) in [5.41, 5.74) is 5.82. The fourth-order valence-electron chi connectivity index (χ4n) is 1.33. The van der Waals surface area contributed by atoms with Gasteiger partial charge in [0.15, 0.2) is 0 Å². The van der Waals surface area contributed by atoms with E-state index in [1.165, 1.54) is 24.3 Å². The van der Waals surface area contributed by atoms with Crippen molar-refractivity contribution >= 4 is 11.9 Å². The van der Waals surface area contributed by atoms with Gasteiger partial charge in [-0.3, -0.25) is 0 Å². The second kappa shape index (κ2) is 5.18. The van der Waals surface area contributed by atoms with Gasteiger partial charge in [0, 0.05) is 0 Å². The van der Waals surface area contributed by atoms with Gasteiger partial charge in [0.05, 0.1) is 5.56 Å². The Morgan fingerprint density at radius 1 is 1.22 bits per heavy atom. The summed E-state index contributed by atoms with van der Waals surface area (Å²) in [4.78, 5) is 22.4. The van der Waals surface area contributed by atoms with Crippen molar-refractivity contribution < 1.29 is 19.4 Å². The van der Waals surface area contributed by atoms with Crippen LogP contribution in [0.25, 0.3) is 0 Å². The number of hydrogen-bond donors (Lipinski definition) is 2. The number of nitrogens with two attached hydrogens (primary N) is 1. The Hall–Kier alpha value is -1.88. The normalized spacial score (nSPS) is 12.9. The first kappa shape index (κ1) is 14.2. The van der Waals surface area contributed by atoms with Gasteiger partial charge in [-0.05, 0) is 38.5 Å². The Labute approximate surface area is 106 Å². The maximum atomic E-state index is 11.7. The predicted octanol–water partition coefficient (Wildman–Crippen LogP) is 1.73. The second-order valence-electron chi connectivity index (χ2n) is 4.94. The molecule has 0 bridgehead atoms. The van der Waals surface area contributed by atoms with Crippen LogP contribution >= 0.6 is 0 Å². The third kappa shape index (κ3) is 3.85. The molecule has 0 amide bonds. The van der Waals surface area contributed by atoms with Crippen LogP contribution in [0.2, 0.25) is 0 Å². The number of rotatable bonds is 3. The van der Waals surface area contributed by atoms with Crippen LogP contribution in [0.1, 0.15) is 42.7 Å². The molecule has 0 fully saturated rings. The van der Waals surface area contributed by atoms with Gasteiger partial charge >= 0.3 is 11.9 Å². The number of aromatic carboxylic acids is 1. The summed E-state index contributed by atoms with van der Waals surface area (Å²) in [5.74, 6) is -1.56. The van der Waals surface area contributed by atoms with E-state index in [1.54, 1.807) is 20.8 Å². The van der Waals surface area contributed by atoms with Gasteiger partial charge in [-0.15, -0.1) is 0 Å². The third-order valence-electron chi connectivity index (χ3n) is 2.18. The quantitative estimate of drug-likeness (QED) is 0.798. The molecule has 1 aromatic rings. The lowest BCUT2D eigenvalue weighted by atomic mass is 10.1. The van der Waals surface area contributed by atoms with Gasteiger partial charge in [-0.1, -0.05) is 12.1 Å². The van der Waals surface area contributed by atoms with E-state index in [0.29, 0.717) is 5.56 Å². The Balaban J connectivity index is 2.81. The van der Waals surface area contributed by atoms with E-state index in [9.17, 15) is 9.59 Å². The monoisotopic (exact) mass is 251 g/mol. The first-order chi connectivity index (χ1) is 8.20. The second-order valence-corrected chi connectivity index (χ2v) is 4.94. The first-order valence-electron chi connectivity index (χ1n) is 5.52. The molecule has 0 saturated heterocycles. The molecule has 0 spiro atoms. The zero-order valence-electron chi connectivity index (χ0n) is 10.6. The van der Waals surface area contributed by atoms with E-state index in [1.807, 2.05) is 0 Å². The van der Waals surface area contributed by atoms with Crippen LogP contribution in [0.5, 0.6) is 0 Å². The van der Waals surface area contributed by atoms with E-state index < -0.39 is 23.6 Å². The molecule has 98 valence electrons. The number of hydrogen-bond acceptors (Lipinski definition) is 4. The molecule has 0 radical (unpaired) electrons. The van der Waals surface area contributed by atoms with Gasteiger partial charge in [0.2, 0.25) is 0 Å². The summed E-state index contributed by atoms with van der Waals surface area (Å²) in [7, 11) is 0. The highest BCUT2D eigenvalue weighted by Crippen LogP contribution is 2.17. The van der Waals surface area contributed by atoms with Crippen LogP contribution in [0.4, 0.5) is 0 Å². The van der Waals surface area contributed by atoms with Gasteiger partial charge in [0.1, 0.15) is 11.6 Å². The van der Waals surface area contributed by atoms with E-state index in [0.717, 1.165) is 0 Å². The molecule has 0 aliphatic rings. The summed E-state index contributed by atoms with van der Waals surface area (Å²) >= 11 is 0. The summed E-state index contributed by atoms with van der Waals surface area (Å²) in [5, 5.41) is 8.75. The van der Waals surface area contributed by atoms with E-state index in [2.05, 4.69) is 0 Å². The Kier molecular flexibility index (Phi) is 4.08. The Bertz CT molecular complexity index is 445. The highest BCUT2D eigenvalue weighted by atomic mass is 16.6. The summed E-state index contributed by atoms with van der Waals surface area (Å²) in [6.07, 6.45) is 0. The highest BCUT2D eigenvalue weighted by Gasteiger charge is 2.23. The lowest BCUT2D eigenvalue weighted by Crippen LogP contribution is -2.31. The van der Waals surface area contributed by atoms with Crippen molar-refractivity contribution in [2.75, 3.05) is 0 Å². The van der Waals surface area contributed by atoms with Crippen LogP contribution in [-0.4, -0.2) is 22.6 Å². The maximum Gasteiger partial charge on any atom is 0.335 e. The largest absolute Gasteiger partial charge is 0.478 e. The maximum absolute atomic E-state index is 11.7. The smallest absolute Gasteiger partial charge is 0.335 e. The molecular weight excluding hydrogens is 234 g/mol.